The molecule has 0 saturated heterocycles. The monoisotopic (exact) mass is 288 g/mol. The van der Waals surface area contributed by atoms with Gasteiger partial charge in [-0.3, -0.25) is 14.9 Å². The van der Waals surface area contributed by atoms with Crippen LogP contribution in [0.15, 0.2) is 12.1 Å². The van der Waals surface area contributed by atoms with E-state index in [1.807, 2.05) is 6.92 Å². The van der Waals surface area contributed by atoms with Gasteiger partial charge < -0.3 is 5.32 Å². The summed E-state index contributed by atoms with van der Waals surface area (Å²) in [5.41, 5.74) is -0.214. The number of nitrogens with one attached hydrogen (secondary N) is 1. The molecule has 0 aliphatic heterocycles. The normalized spacial score (nSPS) is 21.5. The number of halogens is 2. The highest BCUT2D eigenvalue weighted by Gasteiger charge is 2.34. The predicted octanol–water partition coefficient (Wildman–Crippen LogP) is 3.04. The third kappa shape index (κ3) is 2.57. The molecule has 0 radical (unpaired) electrons. The number of amides is 1. The summed E-state index contributed by atoms with van der Waals surface area (Å²) < 4.78 is 0. The summed E-state index contributed by atoms with van der Waals surface area (Å²) in [5.74, 6) is 0.0812. The van der Waals surface area contributed by atoms with E-state index in [2.05, 4.69) is 5.32 Å². The number of hydrogen-bond acceptors (Lipinski definition) is 3. The molecule has 0 bridgehead atoms. The largest absolute Gasteiger partial charge is 0.349 e. The van der Waals surface area contributed by atoms with E-state index in [1.54, 1.807) is 0 Å². The molecule has 1 amide bonds. The van der Waals surface area contributed by atoms with E-state index in [-0.39, 0.29) is 33.2 Å². The Hall–Kier alpha value is -1.33. The van der Waals surface area contributed by atoms with Crippen molar-refractivity contribution < 1.29 is 9.72 Å². The summed E-state index contributed by atoms with van der Waals surface area (Å²) >= 11 is 11.5. The van der Waals surface area contributed by atoms with Crippen LogP contribution in [-0.4, -0.2) is 16.9 Å². The van der Waals surface area contributed by atoms with Crippen molar-refractivity contribution in [2.75, 3.05) is 0 Å². The first kappa shape index (κ1) is 13.1. The van der Waals surface area contributed by atoms with E-state index < -0.39 is 4.92 Å². The van der Waals surface area contributed by atoms with Gasteiger partial charge in [0, 0.05) is 17.7 Å². The Balaban J connectivity index is 2.27. The number of carbonyl (C=O) groups excluding carboxylic acids is 1. The SMILES string of the molecule is CC1CC1NC(=O)c1cc(Cl)c(Cl)c([N+](=O)[O-])c1. The number of nitro benzene ring substituents is 1. The Kier molecular flexibility index (Phi) is 3.45. The average Bonchev–Trinajstić information content (AvgIpc) is 2.97. The lowest BCUT2D eigenvalue weighted by Gasteiger charge is -2.05. The first-order valence-corrected chi connectivity index (χ1v) is 6.10. The van der Waals surface area contributed by atoms with Crippen molar-refractivity contribution in [2.24, 2.45) is 5.92 Å². The van der Waals surface area contributed by atoms with Crippen molar-refractivity contribution in [3.63, 3.8) is 0 Å². The maximum atomic E-state index is 11.8. The van der Waals surface area contributed by atoms with Gasteiger partial charge in [0.05, 0.1) is 9.95 Å². The molecule has 0 aromatic heterocycles. The van der Waals surface area contributed by atoms with Crippen LogP contribution >= 0.6 is 23.2 Å². The van der Waals surface area contributed by atoms with Crippen LogP contribution in [0.4, 0.5) is 5.69 Å². The zero-order valence-corrected chi connectivity index (χ0v) is 11.0. The predicted molar refractivity (Wildman–Crippen MR) is 68.2 cm³/mol. The molecule has 2 rings (SSSR count). The number of nitro groups is 1. The Morgan fingerprint density at radius 3 is 2.61 bits per heavy atom. The molecule has 5 nitrogen and oxygen atoms in total. The van der Waals surface area contributed by atoms with E-state index in [0.717, 1.165) is 12.5 Å². The van der Waals surface area contributed by atoms with Crippen molar-refractivity contribution >= 4 is 34.8 Å². The lowest BCUT2D eigenvalue weighted by Crippen LogP contribution is -2.26. The molecule has 1 saturated carbocycles. The van der Waals surface area contributed by atoms with Crippen LogP contribution in [0, 0.1) is 16.0 Å². The Morgan fingerprint density at radius 1 is 1.50 bits per heavy atom. The third-order valence-electron chi connectivity index (χ3n) is 2.89. The second kappa shape index (κ2) is 4.74. The first-order chi connectivity index (χ1) is 8.40. The van der Waals surface area contributed by atoms with Crippen LogP contribution in [0.2, 0.25) is 10.0 Å². The Labute approximate surface area is 113 Å². The fourth-order valence-electron chi connectivity index (χ4n) is 1.61. The first-order valence-electron chi connectivity index (χ1n) is 5.34. The van der Waals surface area contributed by atoms with Gasteiger partial charge in [-0.15, -0.1) is 0 Å². The standard InChI is InChI=1S/C11H10Cl2N2O3/c1-5-2-8(5)14-11(16)6-3-7(12)10(13)9(4-6)15(17)18/h3-5,8H,2H2,1H3,(H,14,16). The zero-order valence-electron chi connectivity index (χ0n) is 9.44. The molecule has 2 atom stereocenters. The summed E-state index contributed by atoms with van der Waals surface area (Å²) in [5, 5.41) is 13.4. The van der Waals surface area contributed by atoms with Gasteiger partial charge in [-0.2, -0.15) is 0 Å². The molecule has 96 valence electrons. The Morgan fingerprint density at radius 2 is 2.11 bits per heavy atom. The number of hydrogen-bond donors (Lipinski definition) is 1. The van der Waals surface area contributed by atoms with Crippen LogP contribution in [-0.2, 0) is 0 Å². The summed E-state index contributed by atoms with van der Waals surface area (Å²) in [6.45, 7) is 2.02. The summed E-state index contributed by atoms with van der Waals surface area (Å²) in [6.07, 6.45) is 0.926. The fraction of sp³-hybridized carbons (Fsp3) is 0.364. The van der Waals surface area contributed by atoms with Gasteiger partial charge in [0.1, 0.15) is 5.02 Å². The van der Waals surface area contributed by atoms with E-state index in [4.69, 9.17) is 23.2 Å². The van der Waals surface area contributed by atoms with Crippen molar-refractivity contribution in [2.45, 2.75) is 19.4 Å². The van der Waals surface area contributed by atoms with E-state index in [0.29, 0.717) is 5.92 Å². The van der Waals surface area contributed by atoms with Gasteiger partial charge in [-0.1, -0.05) is 30.1 Å². The quantitative estimate of drug-likeness (QED) is 0.686. The molecule has 1 aromatic carbocycles. The molecule has 1 aromatic rings. The number of benzene rings is 1. The lowest BCUT2D eigenvalue weighted by atomic mass is 10.2. The lowest BCUT2D eigenvalue weighted by molar-refractivity contribution is -0.384. The minimum Gasteiger partial charge on any atom is -0.349 e. The zero-order chi connectivity index (χ0) is 13.4. The van der Waals surface area contributed by atoms with E-state index >= 15 is 0 Å². The van der Waals surface area contributed by atoms with E-state index in [9.17, 15) is 14.9 Å². The highest BCUT2D eigenvalue weighted by atomic mass is 35.5. The highest BCUT2D eigenvalue weighted by Crippen LogP contribution is 2.34. The minimum absolute atomic E-state index is 0.000128. The molecule has 1 N–H and O–H groups in total. The third-order valence-corrected chi connectivity index (χ3v) is 3.69. The molecule has 7 heteroatoms. The molecule has 0 heterocycles. The second-order valence-corrected chi connectivity index (χ2v) is 5.13. The van der Waals surface area contributed by atoms with Gasteiger partial charge in [0.15, 0.2) is 0 Å². The maximum Gasteiger partial charge on any atom is 0.290 e. The topological polar surface area (TPSA) is 72.2 Å². The number of carbonyl (C=O) groups is 1. The van der Waals surface area contributed by atoms with Gasteiger partial charge >= 0.3 is 0 Å². The molecule has 18 heavy (non-hydrogen) atoms. The molecule has 2 unspecified atom stereocenters. The van der Waals surface area contributed by atoms with Crippen molar-refractivity contribution in [1.82, 2.24) is 5.32 Å². The van der Waals surface area contributed by atoms with Crippen LogP contribution in [0.3, 0.4) is 0 Å². The van der Waals surface area contributed by atoms with Gasteiger partial charge in [-0.05, 0) is 18.4 Å². The smallest absolute Gasteiger partial charge is 0.290 e. The summed E-state index contributed by atoms with van der Waals surface area (Å²) in [4.78, 5) is 21.9. The molecular formula is C11H10Cl2N2O3. The minimum atomic E-state index is -0.662. The maximum absolute atomic E-state index is 11.8. The number of nitrogens with zero attached hydrogens (tertiary/aromatic N) is 1. The van der Waals surface area contributed by atoms with Gasteiger partial charge in [0.2, 0.25) is 0 Å². The molecule has 0 spiro atoms. The Bertz CT molecular complexity index is 533. The molecule has 1 aliphatic carbocycles. The van der Waals surface area contributed by atoms with Crippen molar-refractivity contribution in [1.29, 1.82) is 0 Å². The van der Waals surface area contributed by atoms with E-state index in [1.165, 1.54) is 6.07 Å². The van der Waals surface area contributed by atoms with Crippen molar-refractivity contribution in [3.8, 4) is 0 Å². The van der Waals surface area contributed by atoms with Gasteiger partial charge in [-0.25, -0.2) is 0 Å². The molecule has 1 aliphatic rings. The van der Waals surface area contributed by atoms with Crippen LogP contribution in [0.5, 0.6) is 0 Å². The molecule has 1 fully saturated rings. The van der Waals surface area contributed by atoms with Gasteiger partial charge in [0.25, 0.3) is 11.6 Å². The van der Waals surface area contributed by atoms with Crippen molar-refractivity contribution in [3.05, 3.63) is 37.9 Å². The number of rotatable bonds is 3. The molecular weight excluding hydrogens is 279 g/mol. The fourth-order valence-corrected chi connectivity index (χ4v) is 2.01. The highest BCUT2D eigenvalue weighted by molar-refractivity contribution is 6.43. The van der Waals surface area contributed by atoms with Crippen LogP contribution < -0.4 is 5.32 Å². The van der Waals surface area contributed by atoms with Crippen LogP contribution in [0.1, 0.15) is 23.7 Å². The second-order valence-electron chi connectivity index (χ2n) is 4.34. The average molecular weight is 289 g/mol. The summed E-state index contributed by atoms with van der Waals surface area (Å²) in [7, 11) is 0. The van der Waals surface area contributed by atoms with Crippen LogP contribution in [0.25, 0.3) is 0 Å². The summed E-state index contributed by atoms with van der Waals surface area (Å²) in [6, 6.07) is 2.61.